The lowest BCUT2D eigenvalue weighted by molar-refractivity contribution is 0.293. The molecule has 4 heteroatoms. The highest BCUT2D eigenvalue weighted by molar-refractivity contribution is 9.10. The molecule has 0 aromatic heterocycles. The lowest BCUT2D eigenvalue weighted by Gasteiger charge is -2.12. The molecule has 0 saturated carbocycles. The topological polar surface area (TPSA) is 18.5 Å². The fourth-order valence-electron chi connectivity index (χ4n) is 1.74. The van der Waals surface area contributed by atoms with Gasteiger partial charge in [-0.05, 0) is 36.8 Å². The lowest BCUT2D eigenvalue weighted by atomic mass is 10.2. The highest BCUT2D eigenvalue weighted by Gasteiger charge is 2.07. The molecule has 2 rings (SSSR count). The van der Waals surface area contributed by atoms with Gasteiger partial charge < -0.3 is 9.47 Å². The summed E-state index contributed by atoms with van der Waals surface area (Å²) in [5.41, 5.74) is 1.80. The minimum Gasteiger partial charge on any atom is -0.496 e. The first-order valence-electron chi connectivity index (χ1n) is 5.81. The number of methoxy groups -OCH3 is 1. The van der Waals surface area contributed by atoms with Crippen molar-refractivity contribution in [2.24, 2.45) is 0 Å². The standard InChI is InChI=1S/C15H14BrFO2/c1-10-3-5-13(17)8-15(10)19-9-11-7-12(16)4-6-14(11)18-2/h3-8H,9H2,1-2H3. The quantitative estimate of drug-likeness (QED) is 0.825. The summed E-state index contributed by atoms with van der Waals surface area (Å²) < 4.78 is 25.0. The lowest BCUT2D eigenvalue weighted by Crippen LogP contribution is -2.00. The first-order chi connectivity index (χ1) is 9.10. The van der Waals surface area contributed by atoms with E-state index in [0.29, 0.717) is 12.4 Å². The molecule has 0 spiro atoms. The third kappa shape index (κ3) is 3.47. The Kier molecular flexibility index (Phi) is 4.43. The molecule has 0 aliphatic rings. The van der Waals surface area contributed by atoms with E-state index in [9.17, 15) is 4.39 Å². The summed E-state index contributed by atoms with van der Waals surface area (Å²) >= 11 is 3.41. The molecule has 2 aromatic rings. The highest BCUT2D eigenvalue weighted by Crippen LogP contribution is 2.26. The van der Waals surface area contributed by atoms with Crippen molar-refractivity contribution in [2.45, 2.75) is 13.5 Å². The molecule has 0 aliphatic heterocycles. The van der Waals surface area contributed by atoms with E-state index in [4.69, 9.17) is 9.47 Å². The van der Waals surface area contributed by atoms with Crippen molar-refractivity contribution >= 4 is 15.9 Å². The van der Waals surface area contributed by atoms with E-state index in [2.05, 4.69) is 15.9 Å². The molecule has 0 radical (unpaired) electrons. The van der Waals surface area contributed by atoms with Crippen LogP contribution in [0.15, 0.2) is 40.9 Å². The summed E-state index contributed by atoms with van der Waals surface area (Å²) in [6, 6.07) is 10.2. The van der Waals surface area contributed by atoms with Gasteiger partial charge >= 0.3 is 0 Å². The molecule has 100 valence electrons. The first kappa shape index (κ1) is 13.9. The molecule has 2 nitrogen and oxygen atoms in total. The maximum absolute atomic E-state index is 13.2. The monoisotopic (exact) mass is 324 g/mol. The Morgan fingerprint density at radius 2 is 1.89 bits per heavy atom. The summed E-state index contributed by atoms with van der Waals surface area (Å²) in [7, 11) is 1.61. The van der Waals surface area contributed by atoms with Gasteiger partial charge in [-0.15, -0.1) is 0 Å². The fraction of sp³-hybridized carbons (Fsp3) is 0.200. The fourth-order valence-corrected chi connectivity index (χ4v) is 2.15. The number of halogens is 2. The van der Waals surface area contributed by atoms with Crippen LogP contribution in [0.1, 0.15) is 11.1 Å². The Morgan fingerprint density at radius 1 is 1.11 bits per heavy atom. The zero-order chi connectivity index (χ0) is 13.8. The Balaban J connectivity index is 2.18. The maximum atomic E-state index is 13.2. The second kappa shape index (κ2) is 6.06. The minimum absolute atomic E-state index is 0.304. The van der Waals surface area contributed by atoms with E-state index in [1.807, 2.05) is 25.1 Å². The summed E-state index contributed by atoms with van der Waals surface area (Å²) in [6.07, 6.45) is 0. The highest BCUT2D eigenvalue weighted by atomic mass is 79.9. The summed E-state index contributed by atoms with van der Waals surface area (Å²) in [5, 5.41) is 0. The summed E-state index contributed by atoms with van der Waals surface area (Å²) in [4.78, 5) is 0. The van der Waals surface area contributed by atoms with Crippen LogP contribution in [0.3, 0.4) is 0 Å². The van der Waals surface area contributed by atoms with Gasteiger partial charge in [-0.3, -0.25) is 0 Å². The largest absolute Gasteiger partial charge is 0.496 e. The van der Waals surface area contributed by atoms with E-state index in [0.717, 1.165) is 21.3 Å². The van der Waals surface area contributed by atoms with E-state index in [1.165, 1.54) is 12.1 Å². The SMILES string of the molecule is COc1ccc(Br)cc1COc1cc(F)ccc1C. The molecule has 0 aliphatic carbocycles. The third-order valence-corrected chi connectivity index (χ3v) is 3.27. The van der Waals surface area contributed by atoms with Gasteiger partial charge in [0.05, 0.1) is 7.11 Å². The van der Waals surface area contributed by atoms with Crippen molar-refractivity contribution < 1.29 is 13.9 Å². The average molecular weight is 325 g/mol. The molecular weight excluding hydrogens is 311 g/mol. The predicted molar refractivity (Wildman–Crippen MR) is 76.2 cm³/mol. The molecule has 0 unspecified atom stereocenters. The van der Waals surface area contributed by atoms with Gasteiger partial charge in [-0.25, -0.2) is 4.39 Å². The number of rotatable bonds is 4. The van der Waals surface area contributed by atoms with Crippen LogP contribution in [0.4, 0.5) is 4.39 Å². The molecule has 0 bridgehead atoms. The Hall–Kier alpha value is -1.55. The molecule has 0 N–H and O–H groups in total. The van der Waals surface area contributed by atoms with Crippen LogP contribution in [0, 0.1) is 12.7 Å². The molecule has 0 heterocycles. The van der Waals surface area contributed by atoms with Crippen LogP contribution in [0.25, 0.3) is 0 Å². The average Bonchev–Trinajstić information content (AvgIpc) is 2.40. The predicted octanol–water partition coefficient (Wildman–Crippen LogP) is 4.48. The Morgan fingerprint density at radius 3 is 2.63 bits per heavy atom. The third-order valence-electron chi connectivity index (χ3n) is 2.78. The van der Waals surface area contributed by atoms with Gasteiger partial charge in [0.15, 0.2) is 0 Å². The first-order valence-corrected chi connectivity index (χ1v) is 6.61. The van der Waals surface area contributed by atoms with E-state index >= 15 is 0 Å². The zero-order valence-corrected chi connectivity index (χ0v) is 12.3. The van der Waals surface area contributed by atoms with Crippen LogP contribution in [-0.2, 0) is 6.61 Å². The van der Waals surface area contributed by atoms with Crippen LogP contribution in [0.2, 0.25) is 0 Å². The number of hydrogen-bond acceptors (Lipinski definition) is 2. The number of hydrogen-bond donors (Lipinski definition) is 0. The van der Waals surface area contributed by atoms with Crippen LogP contribution in [0.5, 0.6) is 11.5 Å². The van der Waals surface area contributed by atoms with E-state index in [-0.39, 0.29) is 5.82 Å². The molecule has 0 saturated heterocycles. The van der Waals surface area contributed by atoms with Crippen molar-refractivity contribution in [3.8, 4) is 11.5 Å². The van der Waals surface area contributed by atoms with Crippen molar-refractivity contribution in [3.63, 3.8) is 0 Å². The van der Waals surface area contributed by atoms with Crippen LogP contribution >= 0.6 is 15.9 Å². The van der Waals surface area contributed by atoms with Crippen LogP contribution < -0.4 is 9.47 Å². The molecule has 0 atom stereocenters. The van der Waals surface area contributed by atoms with Crippen LogP contribution in [-0.4, -0.2) is 7.11 Å². The second-order valence-corrected chi connectivity index (χ2v) is 5.07. The van der Waals surface area contributed by atoms with Crippen molar-refractivity contribution in [3.05, 3.63) is 57.8 Å². The molecule has 2 aromatic carbocycles. The molecule has 0 fully saturated rings. The second-order valence-electron chi connectivity index (χ2n) is 4.15. The van der Waals surface area contributed by atoms with Gasteiger partial charge in [0, 0.05) is 16.1 Å². The Bertz CT molecular complexity index is 584. The minimum atomic E-state index is -0.304. The maximum Gasteiger partial charge on any atom is 0.126 e. The van der Waals surface area contributed by atoms with E-state index < -0.39 is 0 Å². The number of ether oxygens (including phenoxy) is 2. The van der Waals surface area contributed by atoms with Crippen molar-refractivity contribution in [1.82, 2.24) is 0 Å². The Labute approximate surface area is 120 Å². The molecular formula is C15H14BrFO2. The summed E-state index contributed by atoms with van der Waals surface area (Å²) in [5.74, 6) is 0.987. The number of benzene rings is 2. The van der Waals surface area contributed by atoms with Gasteiger partial charge in [-0.2, -0.15) is 0 Å². The summed E-state index contributed by atoms with van der Waals surface area (Å²) in [6.45, 7) is 2.21. The van der Waals surface area contributed by atoms with E-state index in [1.54, 1.807) is 13.2 Å². The smallest absolute Gasteiger partial charge is 0.126 e. The van der Waals surface area contributed by atoms with Gasteiger partial charge in [-0.1, -0.05) is 22.0 Å². The van der Waals surface area contributed by atoms with Crippen molar-refractivity contribution in [1.29, 1.82) is 0 Å². The van der Waals surface area contributed by atoms with Gasteiger partial charge in [0.2, 0.25) is 0 Å². The number of aryl methyl sites for hydroxylation is 1. The zero-order valence-electron chi connectivity index (χ0n) is 10.7. The van der Waals surface area contributed by atoms with Crippen molar-refractivity contribution in [2.75, 3.05) is 7.11 Å². The van der Waals surface area contributed by atoms with Gasteiger partial charge in [0.1, 0.15) is 23.9 Å². The van der Waals surface area contributed by atoms with Gasteiger partial charge in [0.25, 0.3) is 0 Å². The molecule has 0 amide bonds. The normalized spacial score (nSPS) is 10.3. The molecule has 19 heavy (non-hydrogen) atoms.